The first-order valence-corrected chi connectivity index (χ1v) is 9.09. The fraction of sp³-hybridized carbons (Fsp3) is 0.250. The van der Waals surface area contributed by atoms with Crippen molar-refractivity contribution in [2.24, 2.45) is 0 Å². The van der Waals surface area contributed by atoms with E-state index in [1.807, 2.05) is 35.0 Å². The van der Waals surface area contributed by atoms with Crippen LogP contribution in [0.15, 0.2) is 67.3 Å². The lowest BCUT2D eigenvalue weighted by Crippen LogP contribution is -2.33. The zero-order valence-corrected chi connectivity index (χ0v) is 15.7. The van der Waals surface area contributed by atoms with E-state index in [0.717, 1.165) is 11.4 Å². The largest absolute Gasteiger partial charge is 0.492 e. The predicted molar refractivity (Wildman–Crippen MR) is 107 cm³/mol. The van der Waals surface area contributed by atoms with Gasteiger partial charge in [0.15, 0.2) is 0 Å². The quantitative estimate of drug-likeness (QED) is 0.289. The number of nitro groups is 1. The number of ether oxygens (including phenoxy) is 2. The normalized spacial score (nSPS) is 11.8. The van der Waals surface area contributed by atoms with E-state index in [9.17, 15) is 15.2 Å². The molecule has 2 aromatic carbocycles. The van der Waals surface area contributed by atoms with Crippen molar-refractivity contribution in [1.29, 1.82) is 0 Å². The molecular formula is C20H22N4O5. The standard InChI is InChI=1S/C20H22N4O5/c25-18(14-29-20-7-3-17(4-8-20)24(26)27)13-21-10-12-28-19-5-1-16(2-6-19)23-11-9-22-15-23/h1-9,11,15,18,21,25H,10,12-14H2. The summed E-state index contributed by atoms with van der Waals surface area (Å²) in [5, 5.41) is 23.6. The van der Waals surface area contributed by atoms with Crippen LogP contribution in [-0.2, 0) is 0 Å². The highest BCUT2D eigenvalue weighted by Gasteiger charge is 2.07. The fourth-order valence-corrected chi connectivity index (χ4v) is 2.55. The minimum Gasteiger partial charge on any atom is -0.492 e. The molecule has 152 valence electrons. The monoisotopic (exact) mass is 398 g/mol. The van der Waals surface area contributed by atoms with Gasteiger partial charge in [0.1, 0.15) is 30.8 Å². The molecule has 1 atom stereocenters. The Labute approximate surface area is 167 Å². The van der Waals surface area contributed by atoms with Crippen molar-refractivity contribution in [3.63, 3.8) is 0 Å². The SMILES string of the molecule is O=[N+]([O-])c1ccc(OCC(O)CNCCOc2ccc(-n3ccnc3)cc2)cc1. The second-order valence-electron chi connectivity index (χ2n) is 6.23. The maximum absolute atomic E-state index is 10.6. The van der Waals surface area contributed by atoms with Gasteiger partial charge in [0.05, 0.1) is 11.3 Å². The van der Waals surface area contributed by atoms with Gasteiger partial charge in [-0.2, -0.15) is 0 Å². The maximum Gasteiger partial charge on any atom is 0.269 e. The van der Waals surface area contributed by atoms with Gasteiger partial charge in [-0.05, 0) is 36.4 Å². The molecule has 1 heterocycles. The molecule has 3 rings (SSSR count). The second kappa shape index (κ2) is 10.2. The molecule has 9 nitrogen and oxygen atoms in total. The van der Waals surface area contributed by atoms with Gasteiger partial charge in [0.2, 0.25) is 0 Å². The molecule has 1 unspecified atom stereocenters. The molecule has 0 amide bonds. The predicted octanol–water partition coefficient (Wildman–Crippen LogP) is 2.19. The summed E-state index contributed by atoms with van der Waals surface area (Å²) in [6.45, 7) is 1.45. The molecule has 0 spiro atoms. The van der Waals surface area contributed by atoms with Gasteiger partial charge < -0.3 is 24.5 Å². The number of rotatable bonds is 11. The molecule has 0 aliphatic heterocycles. The summed E-state index contributed by atoms with van der Waals surface area (Å²) in [5.41, 5.74) is 1.00. The zero-order valence-electron chi connectivity index (χ0n) is 15.7. The van der Waals surface area contributed by atoms with Crippen LogP contribution in [-0.4, -0.2) is 52.0 Å². The van der Waals surface area contributed by atoms with Crippen molar-refractivity contribution in [3.05, 3.63) is 77.4 Å². The summed E-state index contributed by atoms with van der Waals surface area (Å²) in [4.78, 5) is 14.1. The van der Waals surface area contributed by atoms with Crippen molar-refractivity contribution in [2.75, 3.05) is 26.3 Å². The van der Waals surface area contributed by atoms with Gasteiger partial charge in [0, 0.05) is 43.3 Å². The summed E-state index contributed by atoms with van der Waals surface area (Å²) >= 11 is 0. The minimum absolute atomic E-state index is 0.00377. The number of nitro benzene ring substituents is 1. The van der Waals surface area contributed by atoms with Crippen LogP contribution in [0, 0.1) is 10.1 Å². The molecule has 0 fully saturated rings. The van der Waals surface area contributed by atoms with Crippen LogP contribution in [0.25, 0.3) is 5.69 Å². The maximum atomic E-state index is 10.6. The molecule has 29 heavy (non-hydrogen) atoms. The third kappa shape index (κ3) is 6.30. The number of non-ortho nitro benzene ring substituents is 1. The Morgan fingerprint density at radius 3 is 2.45 bits per heavy atom. The van der Waals surface area contributed by atoms with E-state index in [0.29, 0.717) is 25.4 Å². The Morgan fingerprint density at radius 2 is 1.79 bits per heavy atom. The lowest BCUT2D eigenvalue weighted by atomic mass is 10.3. The van der Waals surface area contributed by atoms with E-state index in [1.54, 1.807) is 12.5 Å². The fourth-order valence-electron chi connectivity index (χ4n) is 2.55. The average molecular weight is 398 g/mol. The third-order valence-electron chi connectivity index (χ3n) is 4.06. The number of aliphatic hydroxyl groups excluding tert-OH is 1. The van der Waals surface area contributed by atoms with E-state index >= 15 is 0 Å². The van der Waals surface area contributed by atoms with E-state index in [4.69, 9.17) is 9.47 Å². The molecule has 3 aromatic rings. The van der Waals surface area contributed by atoms with Crippen LogP contribution in [0.4, 0.5) is 5.69 Å². The van der Waals surface area contributed by atoms with E-state index in [1.165, 1.54) is 24.3 Å². The summed E-state index contributed by atoms with van der Waals surface area (Å²) in [7, 11) is 0. The molecule has 0 saturated heterocycles. The van der Waals surface area contributed by atoms with Crippen LogP contribution in [0.1, 0.15) is 0 Å². The number of nitrogens with zero attached hydrogens (tertiary/aromatic N) is 3. The number of hydrogen-bond acceptors (Lipinski definition) is 7. The Kier molecular flexibility index (Phi) is 7.15. The van der Waals surface area contributed by atoms with Crippen LogP contribution in [0.2, 0.25) is 0 Å². The van der Waals surface area contributed by atoms with Gasteiger partial charge in [-0.25, -0.2) is 4.98 Å². The molecule has 9 heteroatoms. The Balaban J connectivity index is 1.29. The number of aliphatic hydroxyl groups is 1. The number of nitrogens with one attached hydrogen (secondary N) is 1. The minimum atomic E-state index is -0.709. The van der Waals surface area contributed by atoms with E-state index in [-0.39, 0.29) is 12.3 Å². The van der Waals surface area contributed by atoms with Gasteiger partial charge in [-0.3, -0.25) is 10.1 Å². The zero-order chi connectivity index (χ0) is 20.5. The van der Waals surface area contributed by atoms with Crippen molar-refractivity contribution in [3.8, 4) is 17.2 Å². The van der Waals surface area contributed by atoms with Crippen molar-refractivity contribution in [1.82, 2.24) is 14.9 Å². The third-order valence-corrected chi connectivity index (χ3v) is 4.06. The highest BCUT2D eigenvalue weighted by Crippen LogP contribution is 2.17. The summed E-state index contributed by atoms with van der Waals surface area (Å²) in [6.07, 6.45) is 4.62. The topological polar surface area (TPSA) is 112 Å². The van der Waals surface area contributed by atoms with E-state index in [2.05, 4.69) is 10.3 Å². The molecule has 1 aromatic heterocycles. The first-order valence-electron chi connectivity index (χ1n) is 9.09. The van der Waals surface area contributed by atoms with Crippen molar-refractivity contribution < 1.29 is 19.5 Å². The van der Waals surface area contributed by atoms with Crippen molar-refractivity contribution in [2.45, 2.75) is 6.10 Å². The molecule has 2 N–H and O–H groups in total. The van der Waals surface area contributed by atoms with Crippen LogP contribution < -0.4 is 14.8 Å². The number of benzene rings is 2. The lowest BCUT2D eigenvalue weighted by molar-refractivity contribution is -0.384. The van der Waals surface area contributed by atoms with Gasteiger partial charge in [-0.15, -0.1) is 0 Å². The molecular weight excluding hydrogens is 376 g/mol. The van der Waals surface area contributed by atoms with E-state index < -0.39 is 11.0 Å². The van der Waals surface area contributed by atoms with Gasteiger partial charge in [-0.1, -0.05) is 0 Å². The highest BCUT2D eigenvalue weighted by atomic mass is 16.6. The summed E-state index contributed by atoms with van der Waals surface area (Å²) in [6, 6.07) is 13.4. The number of imidazole rings is 1. The molecule has 0 saturated carbocycles. The summed E-state index contributed by atoms with van der Waals surface area (Å²) in [5.74, 6) is 1.23. The lowest BCUT2D eigenvalue weighted by Gasteiger charge is -2.13. The molecule has 0 bridgehead atoms. The number of aromatic nitrogens is 2. The number of hydrogen-bond donors (Lipinski definition) is 2. The Hall–Kier alpha value is -3.43. The molecule has 0 aliphatic rings. The summed E-state index contributed by atoms with van der Waals surface area (Å²) < 4.78 is 13.0. The van der Waals surface area contributed by atoms with Crippen LogP contribution in [0.3, 0.4) is 0 Å². The van der Waals surface area contributed by atoms with Crippen molar-refractivity contribution >= 4 is 5.69 Å². The molecule has 0 radical (unpaired) electrons. The Morgan fingerprint density at radius 1 is 1.10 bits per heavy atom. The smallest absolute Gasteiger partial charge is 0.269 e. The second-order valence-corrected chi connectivity index (χ2v) is 6.23. The first-order chi connectivity index (χ1) is 14.1. The first kappa shape index (κ1) is 20.3. The van der Waals surface area contributed by atoms with Gasteiger partial charge >= 0.3 is 0 Å². The average Bonchev–Trinajstić information content (AvgIpc) is 3.27. The molecule has 0 aliphatic carbocycles. The van der Waals surface area contributed by atoms with Crippen LogP contribution >= 0.6 is 0 Å². The van der Waals surface area contributed by atoms with Crippen LogP contribution in [0.5, 0.6) is 11.5 Å². The Bertz CT molecular complexity index is 882. The highest BCUT2D eigenvalue weighted by molar-refractivity contribution is 5.37. The van der Waals surface area contributed by atoms with Gasteiger partial charge in [0.25, 0.3) is 5.69 Å².